The van der Waals surface area contributed by atoms with Crippen LogP contribution in [0.25, 0.3) is 0 Å². The van der Waals surface area contributed by atoms with Gasteiger partial charge in [0.1, 0.15) is 5.75 Å². The quantitative estimate of drug-likeness (QED) is 0.863. The summed E-state index contributed by atoms with van der Waals surface area (Å²) < 4.78 is 5.41. The predicted molar refractivity (Wildman–Crippen MR) is 89.0 cm³/mol. The molecule has 2 heterocycles. The first-order chi connectivity index (χ1) is 11.1. The first kappa shape index (κ1) is 16.6. The molecule has 2 aliphatic heterocycles. The molecule has 1 atom stereocenters. The third-order valence-electron chi connectivity index (χ3n) is 4.84. The minimum absolute atomic E-state index is 0.331. The second-order valence-corrected chi connectivity index (χ2v) is 7.11. The Balaban J connectivity index is 1.70. The molecule has 126 valence electrons. The number of carboxylic acids is 1. The van der Waals surface area contributed by atoms with Crippen LogP contribution in [0.3, 0.4) is 0 Å². The van der Waals surface area contributed by atoms with Crippen LogP contribution < -0.4 is 10.1 Å². The Kier molecular flexibility index (Phi) is 5.09. The average Bonchev–Trinajstić information content (AvgIpc) is 2.94. The third-order valence-corrected chi connectivity index (χ3v) is 5.08. The number of nitrogens with zero attached hydrogens (tertiary/aromatic N) is 1. The van der Waals surface area contributed by atoms with E-state index >= 15 is 0 Å². The number of carbonyl (C=O) groups is 1. The smallest absolute Gasteiger partial charge is 0.341 e. The Morgan fingerprint density at radius 2 is 2.30 bits per heavy atom. The van der Waals surface area contributed by atoms with Gasteiger partial charge in [-0.15, -0.1) is 0 Å². The standard InChI is InChI=1S/C17H23ClN2O3/c18-14-2-3-15(23-10-16(21)22)13(8-14)9-20-7-1-4-17(12-20)5-6-19-11-17/h2-3,8,19H,1,4-7,9-12H2,(H,21,22)/t17-/m1/s1. The van der Waals surface area contributed by atoms with Crippen molar-refractivity contribution in [2.45, 2.75) is 25.8 Å². The van der Waals surface area contributed by atoms with Gasteiger partial charge in [0.15, 0.2) is 6.61 Å². The van der Waals surface area contributed by atoms with Crippen molar-refractivity contribution in [3.8, 4) is 5.75 Å². The number of benzene rings is 1. The lowest BCUT2D eigenvalue weighted by atomic mass is 9.79. The molecule has 1 aromatic rings. The van der Waals surface area contributed by atoms with Crippen LogP contribution in [0, 0.1) is 5.41 Å². The molecule has 2 saturated heterocycles. The minimum Gasteiger partial charge on any atom is -0.482 e. The van der Waals surface area contributed by atoms with Crippen molar-refractivity contribution in [3.63, 3.8) is 0 Å². The molecule has 2 aliphatic rings. The number of nitrogens with one attached hydrogen (secondary N) is 1. The summed E-state index contributed by atoms with van der Waals surface area (Å²) in [5.41, 5.74) is 1.36. The number of hydrogen-bond donors (Lipinski definition) is 2. The summed E-state index contributed by atoms with van der Waals surface area (Å²) in [6.45, 7) is 4.76. The number of ether oxygens (including phenoxy) is 1. The molecule has 23 heavy (non-hydrogen) atoms. The fourth-order valence-corrected chi connectivity index (χ4v) is 3.98. The molecule has 6 heteroatoms. The van der Waals surface area contributed by atoms with Crippen LogP contribution in [-0.2, 0) is 11.3 Å². The van der Waals surface area contributed by atoms with Crippen molar-refractivity contribution < 1.29 is 14.6 Å². The zero-order chi connectivity index (χ0) is 16.3. The fraction of sp³-hybridized carbons (Fsp3) is 0.588. The second kappa shape index (κ2) is 7.07. The monoisotopic (exact) mass is 338 g/mol. The van der Waals surface area contributed by atoms with Gasteiger partial charge in [0, 0.05) is 30.2 Å². The van der Waals surface area contributed by atoms with Crippen molar-refractivity contribution in [1.82, 2.24) is 10.2 Å². The van der Waals surface area contributed by atoms with Gasteiger partial charge in [-0.2, -0.15) is 0 Å². The number of aliphatic carboxylic acids is 1. The first-order valence-electron chi connectivity index (χ1n) is 8.12. The number of hydrogen-bond acceptors (Lipinski definition) is 4. The summed E-state index contributed by atoms with van der Waals surface area (Å²) in [5, 5.41) is 12.9. The number of rotatable bonds is 5. The van der Waals surface area contributed by atoms with E-state index in [1.165, 1.54) is 19.3 Å². The van der Waals surface area contributed by atoms with Crippen molar-refractivity contribution >= 4 is 17.6 Å². The first-order valence-corrected chi connectivity index (χ1v) is 8.50. The molecule has 5 nitrogen and oxygen atoms in total. The Hall–Kier alpha value is -1.30. The maximum atomic E-state index is 10.7. The largest absolute Gasteiger partial charge is 0.482 e. The predicted octanol–water partition coefficient (Wildman–Crippen LogP) is 2.38. The minimum atomic E-state index is -0.972. The van der Waals surface area contributed by atoms with Crippen LogP contribution >= 0.6 is 11.6 Å². The summed E-state index contributed by atoms with van der Waals surface area (Å²) in [5.74, 6) is -0.360. The van der Waals surface area contributed by atoms with Gasteiger partial charge in [-0.3, -0.25) is 4.90 Å². The van der Waals surface area contributed by atoms with Crippen LogP contribution in [0.15, 0.2) is 18.2 Å². The van der Waals surface area contributed by atoms with Crippen molar-refractivity contribution in [2.24, 2.45) is 5.41 Å². The van der Waals surface area contributed by atoms with Gasteiger partial charge >= 0.3 is 5.97 Å². The van der Waals surface area contributed by atoms with E-state index in [0.717, 1.165) is 38.3 Å². The molecule has 2 fully saturated rings. The summed E-state index contributed by atoms with van der Waals surface area (Å²) in [4.78, 5) is 13.2. The van der Waals surface area contributed by atoms with Gasteiger partial charge in [0.2, 0.25) is 0 Å². The Bertz CT molecular complexity index is 573. The summed E-state index contributed by atoms with van der Waals surface area (Å²) >= 11 is 6.12. The number of halogens is 1. The summed E-state index contributed by atoms with van der Waals surface area (Å²) in [6, 6.07) is 5.38. The third kappa shape index (κ3) is 4.16. The molecule has 0 bridgehead atoms. The van der Waals surface area contributed by atoms with E-state index in [1.807, 2.05) is 6.07 Å². The highest BCUT2D eigenvalue weighted by molar-refractivity contribution is 6.30. The number of piperidine rings is 1. The van der Waals surface area contributed by atoms with Crippen LogP contribution in [0.2, 0.25) is 5.02 Å². The molecular weight excluding hydrogens is 316 g/mol. The topological polar surface area (TPSA) is 61.8 Å². The van der Waals surface area contributed by atoms with E-state index in [1.54, 1.807) is 12.1 Å². The molecule has 3 rings (SSSR count). The van der Waals surface area contributed by atoms with E-state index in [4.69, 9.17) is 21.4 Å². The van der Waals surface area contributed by atoms with Crippen LogP contribution in [0.4, 0.5) is 0 Å². The molecule has 0 radical (unpaired) electrons. The average molecular weight is 339 g/mol. The summed E-state index contributed by atoms with van der Waals surface area (Å²) in [6.07, 6.45) is 3.73. The molecule has 0 unspecified atom stereocenters. The molecule has 2 N–H and O–H groups in total. The van der Waals surface area contributed by atoms with Crippen LogP contribution in [0.5, 0.6) is 5.75 Å². The molecule has 0 amide bonds. The highest BCUT2D eigenvalue weighted by Gasteiger charge is 2.37. The van der Waals surface area contributed by atoms with Gasteiger partial charge in [0.25, 0.3) is 0 Å². The second-order valence-electron chi connectivity index (χ2n) is 6.68. The van der Waals surface area contributed by atoms with Gasteiger partial charge in [-0.1, -0.05) is 11.6 Å². The molecule has 0 aliphatic carbocycles. The maximum Gasteiger partial charge on any atom is 0.341 e. The van der Waals surface area contributed by atoms with Crippen LogP contribution in [0.1, 0.15) is 24.8 Å². The lowest BCUT2D eigenvalue weighted by Crippen LogP contribution is -2.44. The van der Waals surface area contributed by atoms with E-state index < -0.39 is 5.97 Å². The van der Waals surface area contributed by atoms with Gasteiger partial charge in [-0.25, -0.2) is 4.79 Å². The Morgan fingerprint density at radius 3 is 3.04 bits per heavy atom. The molecule has 1 spiro atoms. The molecular formula is C17H23ClN2O3. The highest BCUT2D eigenvalue weighted by atomic mass is 35.5. The molecule has 0 aromatic heterocycles. The zero-order valence-corrected chi connectivity index (χ0v) is 13.9. The Labute approximate surface area is 141 Å². The van der Waals surface area contributed by atoms with Gasteiger partial charge in [-0.05, 0) is 56.0 Å². The van der Waals surface area contributed by atoms with Crippen molar-refractivity contribution in [3.05, 3.63) is 28.8 Å². The fourth-order valence-electron chi connectivity index (χ4n) is 3.78. The summed E-state index contributed by atoms with van der Waals surface area (Å²) in [7, 11) is 0. The van der Waals surface area contributed by atoms with Crippen molar-refractivity contribution in [1.29, 1.82) is 0 Å². The highest BCUT2D eigenvalue weighted by Crippen LogP contribution is 2.36. The lowest BCUT2D eigenvalue weighted by molar-refractivity contribution is -0.139. The number of likely N-dealkylation sites (tertiary alicyclic amines) is 1. The molecule has 0 saturated carbocycles. The van der Waals surface area contributed by atoms with E-state index in [2.05, 4.69) is 10.2 Å². The van der Waals surface area contributed by atoms with Gasteiger partial charge in [0.05, 0.1) is 0 Å². The Morgan fingerprint density at radius 1 is 1.43 bits per heavy atom. The SMILES string of the molecule is O=C(O)COc1ccc(Cl)cc1CN1CCC[C@]2(CCNC2)C1. The lowest BCUT2D eigenvalue weighted by Gasteiger charge is -2.40. The van der Waals surface area contributed by atoms with E-state index in [-0.39, 0.29) is 6.61 Å². The van der Waals surface area contributed by atoms with Crippen LogP contribution in [-0.4, -0.2) is 48.8 Å². The van der Waals surface area contributed by atoms with Crippen molar-refractivity contribution in [2.75, 3.05) is 32.8 Å². The zero-order valence-electron chi connectivity index (χ0n) is 13.2. The normalized spacial score (nSPS) is 24.9. The maximum absolute atomic E-state index is 10.7. The van der Waals surface area contributed by atoms with E-state index in [9.17, 15) is 4.79 Å². The van der Waals surface area contributed by atoms with E-state index in [0.29, 0.717) is 16.2 Å². The van der Waals surface area contributed by atoms with Gasteiger partial charge < -0.3 is 15.2 Å². The molecule has 1 aromatic carbocycles. The number of carboxylic acid groups (broad SMARTS) is 1.